The first-order valence-electron chi connectivity index (χ1n) is 10.2. The van der Waals surface area contributed by atoms with E-state index in [0.717, 1.165) is 10.2 Å². The summed E-state index contributed by atoms with van der Waals surface area (Å²) in [5.74, 6) is -1.12. The molecule has 0 aliphatic carbocycles. The molecule has 1 saturated heterocycles. The van der Waals surface area contributed by atoms with E-state index < -0.39 is 17.7 Å². The molecule has 1 unspecified atom stereocenters. The molecule has 1 aliphatic rings. The van der Waals surface area contributed by atoms with Crippen LogP contribution in [0.25, 0.3) is 16.0 Å². The number of benzene rings is 2. The zero-order chi connectivity index (χ0) is 23.1. The molecule has 1 fully saturated rings. The number of methoxy groups -OCH3 is 1. The quantitative estimate of drug-likeness (QED) is 0.273. The second-order valence-electron chi connectivity index (χ2n) is 7.60. The summed E-state index contributed by atoms with van der Waals surface area (Å²) in [6.45, 7) is 1.81. The number of thiazole rings is 1. The molecule has 0 spiro atoms. The van der Waals surface area contributed by atoms with Crippen molar-refractivity contribution in [3.8, 4) is 5.75 Å². The molecule has 1 amide bonds. The highest BCUT2D eigenvalue weighted by atomic mass is 32.1. The van der Waals surface area contributed by atoms with E-state index in [-0.39, 0.29) is 11.3 Å². The molecule has 33 heavy (non-hydrogen) atoms. The minimum atomic E-state index is -0.860. The number of pyridine rings is 1. The first-order chi connectivity index (χ1) is 16.0. The van der Waals surface area contributed by atoms with Crippen molar-refractivity contribution in [2.24, 2.45) is 0 Å². The van der Waals surface area contributed by atoms with Crippen LogP contribution >= 0.6 is 11.3 Å². The number of anilines is 1. The first-order valence-corrected chi connectivity index (χ1v) is 11.0. The molecule has 0 radical (unpaired) electrons. The van der Waals surface area contributed by atoms with Crippen molar-refractivity contribution < 1.29 is 19.4 Å². The number of fused-ring (bicyclic) bond motifs is 1. The Balaban J connectivity index is 1.73. The number of rotatable bonds is 4. The number of hydrogen-bond donors (Lipinski definition) is 1. The Morgan fingerprint density at radius 1 is 1.12 bits per heavy atom. The third-order valence-corrected chi connectivity index (χ3v) is 6.66. The van der Waals surface area contributed by atoms with E-state index in [4.69, 9.17) is 4.74 Å². The summed E-state index contributed by atoms with van der Waals surface area (Å²) in [5, 5.41) is 11.7. The van der Waals surface area contributed by atoms with Crippen molar-refractivity contribution in [1.29, 1.82) is 0 Å². The molecule has 7 nitrogen and oxygen atoms in total. The van der Waals surface area contributed by atoms with E-state index in [0.29, 0.717) is 27.6 Å². The number of ether oxygens (including phenoxy) is 1. The number of aliphatic hydroxyl groups is 1. The molecular weight excluding hydrogens is 438 g/mol. The zero-order valence-corrected chi connectivity index (χ0v) is 18.7. The number of aryl methyl sites for hydroxylation is 1. The van der Waals surface area contributed by atoms with Crippen molar-refractivity contribution in [2.75, 3.05) is 12.0 Å². The van der Waals surface area contributed by atoms with Crippen LogP contribution < -0.4 is 9.64 Å². The number of hydrogen-bond acceptors (Lipinski definition) is 7. The van der Waals surface area contributed by atoms with Gasteiger partial charge in [-0.25, -0.2) is 4.98 Å². The highest BCUT2D eigenvalue weighted by Crippen LogP contribution is 2.44. The first kappa shape index (κ1) is 20.8. The van der Waals surface area contributed by atoms with Crippen LogP contribution in [0.5, 0.6) is 5.75 Å². The van der Waals surface area contributed by atoms with Gasteiger partial charge in [-0.15, -0.1) is 0 Å². The largest absolute Gasteiger partial charge is 0.507 e. The predicted octanol–water partition coefficient (Wildman–Crippen LogP) is 4.63. The van der Waals surface area contributed by atoms with Crippen molar-refractivity contribution in [2.45, 2.75) is 13.0 Å². The van der Waals surface area contributed by atoms with Gasteiger partial charge in [0.25, 0.3) is 5.78 Å². The average Bonchev–Trinajstić information content (AvgIpc) is 3.37. The second-order valence-corrected chi connectivity index (χ2v) is 8.61. The summed E-state index contributed by atoms with van der Waals surface area (Å²) in [6.07, 6.45) is 3.20. The van der Waals surface area contributed by atoms with Gasteiger partial charge in [0.05, 0.1) is 28.9 Å². The summed E-state index contributed by atoms with van der Waals surface area (Å²) in [6, 6.07) is 15.3. The van der Waals surface area contributed by atoms with Gasteiger partial charge in [-0.3, -0.25) is 19.5 Å². The van der Waals surface area contributed by atoms with Crippen molar-refractivity contribution in [3.05, 3.63) is 89.3 Å². The third-order valence-electron chi connectivity index (χ3n) is 5.62. The molecule has 2 aromatic carbocycles. The topological polar surface area (TPSA) is 92.6 Å². The van der Waals surface area contributed by atoms with E-state index in [2.05, 4.69) is 9.97 Å². The third kappa shape index (κ3) is 3.44. The fourth-order valence-electron chi connectivity index (χ4n) is 4.02. The smallest absolute Gasteiger partial charge is 0.301 e. The molecule has 1 aliphatic heterocycles. The van der Waals surface area contributed by atoms with Gasteiger partial charge in [0, 0.05) is 18.0 Å². The van der Waals surface area contributed by atoms with Gasteiger partial charge in [-0.2, -0.15) is 0 Å². The van der Waals surface area contributed by atoms with Gasteiger partial charge in [0.1, 0.15) is 11.5 Å². The van der Waals surface area contributed by atoms with Gasteiger partial charge in [0.15, 0.2) is 5.13 Å². The zero-order valence-electron chi connectivity index (χ0n) is 17.9. The van der Waals surface area contributed by atoms with E-state index in [1.165, 1.54) is 16.2 Å². The number of nitrogens with zero attached hydrogens (tertiary/aromatic N) is 3. The van der Waals surface area contributed by atoms with Gasteiger partial charge < -0.3 is 9.84 Å². The van der Waals surface area contributed by atoms with E-state index in [1.54, 1.807) is 56.8 Å². The van der Waals surface area contributed by atoms with Crippen LogP contribution in [-0.4, -0.2) is 33.9 Å². The molecule has 0 bridgehead atoms. The fraction of sp³-hybridized carbons (Fsp3) is 0.120. The van der Waals surface area contributed by atoms with Gasteiger partial charge in [-0.05, 0) is 54.4 Å². The van der Waals surface area contributed by atoms with Crippen LogP contribution in [0.15, 0.2) is 72.6 Å². The molecular formula is C25H19N3O4S. The van der Waals surface area contributed by atoms with Crippen LogP contribution in [0, 0.1) is 6.92 Å². The van der Waals surface area contributed by atoms with E-state index in [1.807, 2.05) is 24.3 Å². The monoisotopic (exact) mass is 457 g/mol. The van der Waals surface area contributed by atoms with Crippen LogP contribution in [0.3, 0.4) is 0 Å². The molecule has 2 aromatic heterocycles. The summed E-state index contributed by atoms with van der Waals surface area (Å²) >= 11 is 1.32. The minimum Gasteiger partial charge on any atom is -0.507 e. The van der Waals surface area contributed by atoms with Crippen molar-refractivity contribution >= 4 is 44.1 Å². The maximum absolute atomic E-state index is 13.3. The molecule has 3 heterocycles. The molecule has 1 atom stereocenters. The summed E-state index contributed by atoms with van der Waals surface area (Å²) in [4.78, 5) is 36.6. The lowest BCUT2D eigenvalue weighted by molar-refractivity contribution is -0.132. The Kier molecular flexibility index (Phi) is 5.14. The normalized spacial score (nSPS) is 17.6. The second kappa shape index (κ2) is 8.14. The molecule has 1 N–H and O–H groups in total. The van der Waals surface area contributed by atoms with Crippen molar-refractivity contribution in [1.82, 2.24) is 9.97 Å². The van der Waals surface area contributed by atoms with Crippen molar-refractivity contribution in [3.63, 3.8) is 0 Å². The average molecular weight is 458 g/mol. The Hall–Kier alpha value is -4.04. The number of ketones is 1. The number of Topliss-reactive ketones (excluding diaryl/α,β-unsaturated/α-hetero) is 1. The summed E-state index contributed by atoms with van der Waals surface area (Å²) in [5.41, 5.74) is 2.49. The number of aliphatic hydroxyl groups excluding tert-OH is 1. The van der Waals surface area contributed by atoms with Gasteiger partial charge >= 0.3 is 5.91 Å². The van der Waals surface area contributed by atoms with Gasteiger partial charge in [-0.1, -0.05) is 29.5 Å². The SMILES string of the molecule is COc1ccc(/C(O)=C2\C(=O)C(=O)N(c3nc4ccccc4s3)C2c2cccnc2)c(C)c1. The molecule has 4 aromatic rings. The maximum atomic E-state index is 13.3. The highest BCUT2D eigenvalue weighted by molar-refractivity contribution is 7.22. The van der Waals surface area contributed by atoms with E-state index in [9.17, 15) is 14.7 Å². The maximum Gasteiger partial charge on any atom is 0.301 e. The Morgan fingerprint density at radius 3 is 2.64 bits per heavy atom. The van der Waals surface area contributed by atoms with E-state index >= 15 is 0 Å². The minimum absolute atomic E-state index is 0.000484. The Labute approximate surface area is 193 Å². The predicted molar refractivity (Wildman–Crippen MR) is 126 cm³/mol. The van der Waals surface area contributed by atoms with Crippen LogP contribution in [-0.2, 0) is 9.59 Å². The Morgan fingerprint density at radius 2 is 1.94 bits per heavy atom. The lowest BCUT2D eigenvalue weighted by atomic mass is 9.95. The van der Waals surface area contributed by atoms with Crippen LogP contribution in [0.2, 0.25) is 0 Å². The number of carbonyl (C=O) groups excluding carboxylic acids is 2. The van der Waals surface area contributed by atoms with Crippen LogP contribution in [0.4, 0.5) is 5.13 Å². The molecule has 5 rings (SSSR count). The number of aromatic nitrogens is 2. The number of amides is 1. The lowest BCUT2D eigenvalue weighted by Crippen LogP contribution is -2.29. The standard InChI is InChI=1S/C25H19N3O4S/c1-14-12-16(32-2)9-10-17(14)22(29)20-21(15-6-5-11-26-13-15)28(24(31)23(20)30)25-27-18-7-3-4-8-19(18)33-25/h3-13,21,29H,1-2H3/b22-20+. The number of carbonyl (C=O) groups is 2. The molecule has 164 valence electrons. The number of para-hydroxylation sites is 1. The highest BCUT2D eigenvalue weighted by Gasteiger charge is 2.48. The summed E-state index contributed by atoms with van der Waals surface area (Å²) < 4.78 is 6.14. The fourth-order valence-corrected chi connectivity index (χ4v) is 5.01. The summed E-state index contributed by atoms with van der Waals surface area (Å²) in [7, 11) is 1.56. The lowest BCUT2D eigenvalue weighted by Gasteiger charge is -2.22. The van der Waals surface area contributed by atoms with Gasteiger partial charge in [0.2, 0.25) is 0 Å². The Bertz CT molecular complexity index is 1400. The van der Waals surface area contributed by atoms with Crippen LogP contribution in [0.1, 0.15) is 22.7 Å². The molecule has 8 heteroatoms. The molecule has 0 saturated carbocycles.